The molecule has 0 spiro atoms. The fraction of sp³-hybridized carbons (Fsp3) is 0.800. The number of hydrogen-bond acceptors (Lipinski definition) is 5. The van der Waals surface area contributed by atoms with Crippen molar-refractivity contribution in [1.82, 2.24) is 9.36 Å². The average Bonchev–Trinajstić information content (AvgIpc) is 2.65. The van der Waals surface area contributed by atoms with Gasteiger partial charge in [0.15, 0.2) is 0 Å². The van der Waals surface area contributed by atoms with Crippen LogP contribution in [0.1, 0.15) is 33.0 Å². The molecule has 0 aromatic carbocycles. The van der Waals surface area contributed by atoms with Gasteiger partial charge in [-0.05, 0) is 25.8 Å². The SMILES string of the molecule is CCCc1nsc(NC(C)C(C)CN)n1. The van der Waals surface area contributed by atoms with Crippen LogP contribution in [0.15, 0.2) is 0 Å². The number of anilines is 1. The van der Waals surface area contributed by atoms with Crippen molar-refractivity contribution >= 4 is 16.7 Å². The van der Waals surface area contributed by atoms with Crippen LogP contribution >= 0.6 is 11.5 Å². The largest absolute Gasteiger partial charge is 0.358 e. The molecule has 1 heterocycles. The van der Waals surface area contributed by atoms with E-state index < -0.39 is 0 Å². The lowest BCUT2D eigenvalue weighted by Gasteiger charge is -2.18. The molecule has 0 aliphatic heterocycles. The molecule has 0 saturated heterocycles. The summed E-state index contributed by atoms with van der Waals surface area (Å²) in [6, 6.07) is 0.345. The summed E-state index contributed by atoms with van der Waals surface area (Å²) in [6.45, 7) is 7.08. The van der Waals surface area contributed by atoms with Crippen molar-refractivity contribution in [3.63, 3.8) is 0 Å². The lowest BCUT2D eigenvalue weighted by molar-refractivity contribution is 0.521. The first-order chi connectivity index (χ1) is 7.17. The van der Waals surface area contributed by atoms with E-state index in [1.807, 2.05) is 0 Å². The van der Waals surface area contributed by atoms with E-state index in [2.05, 4.69) is 35.4 Å². The van der Waals surface area contributed by atoms with Crippen LogP contribution in [-0.4, -0.2) is 21.9 Å². The van der Waals surface area contributed by atoms with Crippen molar-refractivity contribution in [3.05, 3.63) is 5.82 Å². The van der Waals surface area contributed by atoms with E-state index in [-0.39, 0.29) is 0 Å². The van der Waals surface area contributed by atoms with Crippen molar-refractivity contribution in [2.24, 2.45) is 11.7 Å². The van der Waals surface area contributed by atoms with Gasteiger partial charge in [-0.2, -0.15) is 4.37 Å². The van der Waals surface area contributed by atoms with Gasteiger partial charge in [0.2, 0.25) is 5.13 Å². The van der Waals surface area contributed by atoms with Crippen molar-refractivity contribution in [3.8, 4) is 0 Å². The highest BCUT2D eigenvalue weighted by Gasteiger charge is 2.12. The molecular weight excluding hydrogens is 208 g/mol. The Balaban J connectivity index is 2.49. The van der Waals surface area contributed by atoms with Gasteiger partial charge in [0, 0.05) is 24.0 Å². The Morgan fingerprint density at radius 3 is 2.80 bits per heavy atom. The fourth-order valence-electron chi connectivity index (χ4n) is 1.18. The molecule has 1 aromatic rings. The Morgan fingerprint density at radius 1 is 1.47 bits per heavy atom. The molecule has 86 valence electrons. The lowest BCUT2D eigenvalue weighted by Crippen LogP contribution is -2.29. The molecule has 0 aliphatic rings. The summed E-state index contributed by atoms with van der Waals surface area (Å²) >= 11 is 1.43. The molecule has 2 atom stereocenters. The predicted molar refractivity (Wildman–Crippen MR) is 65.2 cm³/mol. The van der Waals surface area contributed by atoms with Crippen LogP contribution in [0.2, 0.25) is 0 Å². The average molecular weight is 228 g/mol. The number of nitrogens with zero attached hydrogens (tertiary/aromatic N) is 2. The van der Waals surface area contributed by atoms with Crippen LogP contribution in [0, 0.1) is 5.92 Å². The molecule has 4 nitrogen and oxygen atoms in total. The van der Waals surface area contributed by atoms with Gasteiger partial charge < -0.3 is 11.1 Å². The number of hydrogen-bond donors (Lipinski definition) is 2. The normalized spacial score (nSPS) is 14.9. The maximum atomic E-state index is 5.61. The zero-order valence-electron chi connectivity index (χ0n) is 9.66. The molecule has 1 rings (SSSR count). The molecule has 0 aliphatic carbocycles. The smallest absolute Gasteiger partial charge is 0.202 e. The van der Waals surface area contributed by atoms with Gasteiger partial charge in [0.25, 0.3) is 0 Å². The molecule has 0 fully saturated rings. The van der Waals surface area contributed by atoms with Crippen molar-refractivity contribution in [2.45, 2.75) is 39.7 Å². The van der Waals surface area contributed by atoms with Crippen LogP contribution in [0.4, 0.5) is 5.13 Å². The third kappa shape index (κ3) is 3.76. The van der Waals surface area contributed by atoms with Gasteiger partial charge in [-0.3, -0.25) is 0 Å². The van der Waals surface area contributed by atoms with E-state index in [0.717, 1.165) is 23.8 Å². The van der Waals surface area contributed by atoms with Gasteiger partial charge >= 0.3 is 0 Å². The van der Waals surface area contributed by atoms with Crippen LogP contribution in [0.3, 0.4) is 0 Å². The minimum absolute atomic E-state index is 0.345. The number of aromatic nitrogens is 2. The van der Waals surface area contributed by atoms with Crippen molar-refractivity contribution in [2.75, 3.05) is 11.9 Å². The van der Waals surface area contributed by atoms with Crippen LogP contribution in [0.5, 0.6) is 0 Å². The Morgan fingerprint density at radius 2 is 2.20 bits per heavy atom. The highest BCUT2D eigenvalue weighted by atomic mass is 32.1. The zero-order chi connectivity index (χ0) is 11.3. The summed E-state index contributed by atoms with van der Waals surface area (Å²) in [4.78, 5) is 4.41. The van der Waals surface area contributed by atoms with Crippen LogP contribution in [-0.2, 0) is 6.42 Å². The van der Waals surface area contributed by atoms with E-state index in [1.165, 1.54) is 11.5 Å². The van der Waals surface area contributed by atoms with Gasteiger partial charge in [0.05, 0.1) is 0 Å². The van der Waals surface area contributed by atoms with Crippen molar-refractivity contribution in [1.29, 1.82) is 0 Å². The minimum Gasteiger partial charge on any atom is -0.358 e. The molecule has 0 saturated carbocycles. The first kappa shape index (κ1) is 12.4. The Labute approximate surface area is 95.5 Å². The summed E-state index contributed by atoms with van der Waals surface area (Å²) in [6.07, 6.45) is 2.05. The third-order valence-corrected chi connectivity index (χ3v) is 3.20. The van der Waals surface area contributed by atoms with Crippen LogP contribution < -0.4 is 11.1 Å². The van der Waals surface area contributed by atoms with Gasteiger partial charge in [-0.15, -0.1) is 0 Å². The maximum Gasteiger partial charge on any atom is 0.202 e. The quantitative estimate of drug-likeness (QED) is 0.780. The first-order valence-corrected chi connectivity index (χ1v) is 6.23. The highest BCUT2D eigenvalue weighted by molar-refractivity contribution is 7.09. The molecule has 15 heavy (non-hydrogen) atoms. The molecule has 5 heteroatoms. The summed E-state index contributed by atoms with van der Waals surface area (Å²) in [5.74, 6) is 1.39. The van der Waals surface area contributed by atoms with Gasteiger partial charge in [0.1, 0.15) is 5.82 Å². The summed E-state index contributed by atoms with van der Waals surface area (Å²) in [5.41, 5.74) is 5.61. The van der Waals surface area contributed by atoms with Crippen LogP contribution in [0.25, 0.3) is 0 Å². The molecule has 1 aromatic heterocycles. The van der Waals surface area contributed by atoms with E-state index in [1.54, 1.807) is 0 Å². The second-order valence-electron chi connectivity index (χ2n) is 3.91. The number of aryl methyl sites for hydroxylation is 1. The number of nitrogens with two attached hydrogens (primary N) is 1. The third-order valence-electron chi connectivity index (χ3n) is 2.52. The maximum absolute atomic E-state index is 5.61. The van der Waals surface area contributed by atoms with Crippen molar-refractivity contribution < 1.29 is 0 Å². The summed E-state index contributed by atoms with van der Waals surface area (Å²) in [5, 5.41) is 4.24. The topological polar surface area (TPSA) is 63.8 Å². The summed E-state index contributed by atoms with van der Waals surface area (Å²) in [7, 11) is 0. The standard InChI is InChI=1S/C10H20N4S/c1-4-5-9-13-10(15-14-9)12-8(3)7(2)6-11/h7-8H,4-6,11H2,1-3H3,(H,12,13,14). The number of nitrogens with one attached hydrogen (secondary N) is 1. The van der Waals surface area contributed by atoms with E-state index >= 15 is 0 Å². The Hall–Kier alpha value is -0.680. The van der Waals surface area contributed by atoms with E-state index in [0.29, 0.717) is 18.5 Å². The van der Waals surface area contributed by atoms with Gasteiger partial charge in [-0.25, -0.2) is 4.98 Å². The highest BCUT2D eigenvalue weighted by Crippen LogP contribution is 2.15. The second kappa shape index (κ2) is 6.02. The second-order valence-corrected chi connectivity index (χ2v) is 4.66. The lowest BCUT2D eigenvalue weighted by atomic mass is 10.1. The Bertz CT molecular complexity index is 287. The molecular formula is C10H20N4S. The molecule has 0 radical (unpaired) electrons. The van der Waals surface area contributed by atoms with E-state index in [9.17, 15) is 0 Å². The Kier molecular flexibility index (Phi) is 4.98. The fourth-order valence-corrected chi connectivity index (χ4v) is 1.89. The van der Waals surface area contributed by atoms with E-state index in [4.69, 9.17) is 5.73 Å². The zero-order valence-corrected chi connectivity index (χ0v) is 10.5. The minimum atomic E-state index is 0.345. The molecule has 2 unspecified atom stereocenters. The molecule has 0 amide bonds. The number of rotatable bonds is 6. The van der Waals surface area contributed by atoms with Gasteiger partial charge in [-0.1, -0.05) is 13.8 Å². The monoisotopic (exact) mass is 228 g/mol. The summed E-state index contributed by atoms with van der Waals surface area (Å²) < 4.78 is 4.28. The molecule has 0 bridgehead atoms. The molecule has 3 N–H and O–H groups in total. The predicted octanol–water partition coefficient (Wildman–Crippen LogP) is 1.89. The first-order valence-electron chi connectivity index (χ1n) is 5.46.